The lowest BCUT2D eigenvalue weighted by Crippen LogP contribution is -2.46. The number of nitriles is 1. The molecule has 0 radical (unpaired) electrons. The second kappa shape index (κ2) is 11.6. The Hall–Kier alpha value is -3.91. The Labute approximate surface area is 195 Å². The maximum atomic E-state index is 13.4. The van der Waals surface area contributed by atoms with Gasteiger partial charge in [-0.3, -0.25) is 9.59 Å². The maximum Gasteiger partial charge on any atom is 0.239 e. The van der Waals surface area contributed by atoms with E-state index >= 15 is 0 Å². The molecular formula is C28H29N3O2. The monoisotopic (exact) mass is 439 g/mol. The molecule has 0 aliphatic rings. The lowest BCUT2D eigenvalue weighted by Gasteiger charge is -2.36. The number of nitrogens with two attached hydrogens (primary N) is 1. The number of nitrogens with zero attached hydrogens (tertiary/aromatic N) is 1. The molecule has 0 aliphatic heterocycles. The number of unbranched alkanes of at least 4 members (excludes halogenated alkanes) is 2. The SMILES string of the molecule is N#CCCCC[C@H](NC(=O)CC(c1ccccc1)(c1ccccc1)c1ccccc1)C(N)=O. The first-order valence-electron chi connectivity index (χ1n) is 11.2. The highest BCUT2D eigenvalue weighted by molar-refractivity contribution is 5.87. The quantitative estimate of drug-likeness (QED) is 0.341. The van der Waals surface area contributed by atoms with Gasteiger partial charge in [0.05, 0.1) is 11.5 Å². The van der Waals surface area contributed by atoms with Crippen molar-refractivity contribution in [3.63, 3.8) is 0 Å². The minimum atomic E-state index is -0.767. The molecule has 3 N–H and O–H groups in total. The molecular weight excluding hydrogens is 410 g/mol. The number of primary amides is 1. The molecule has 0 saturated carbocycles. The summed E-state index contributed by atoms with van der Waals surface area (Å²) in [5.74, 6) is -0.819. The molecule has 0 unspecified atom stereocenters. The van der Waals surface area contributed by atoms with Gasteiger partial charge in [0.1, 0.15) is 6.04 Å². The molecule has 3 aromatic rings. The van der Waals surface area contributed by atoms with Crippen LogP contribution in [-0.4, -0.2) is 17.9 Å². The smallest absolute Gasteiger partial charge is 0.239 e. The Morgan fingerprint density at radius 1 is 0.818 bits per heavy atom. The van der Waals surface area contributed by atoms with Crippen LogP contribution in [0, 0.1) is 11.3 Å². The van der Waals surface area contributed by atoms with Crippen LogP contribution in [0.3, 0.4) is 0 Å². The van der Waals surface area contributed by atoms with E-state index in [0.29, 0.717) is 25.7 Å². The lowest BCUT2D eigenvalue weighted by molar-refractivity contribution is -0.128. The van der Waals surface area contributed by atoms with E-state index in [1.54, 1.807) is 0 Å². The zero-order chi connectivity index (χ0) is 23.5. The zero-order valence-corrected chi connectivity index (χ0v) is 18.6. The molecule has 3 rings (SSSR count). The van der Waals surface area contributed by atoms with Crippen LogP contribution in [0.1, 0.15) is 48.8 Å². The van der Waals surface area contributed by atoms with Gasteiger partial charge in [-0.05, 0) is 36.0 Å². The van der Waals surface area contributed by atoms with Crippen molar-refractivity contribution in [2.45, 2.75) is 43.6 Å². The Balaban J connectivity index is 1.99. The molecule has 3 aromatic carbocycles. The largest absolute Gasteiger partial charge is 0.368 e. The fourth-order valence-corrected chi connectivity index (χ4v) is 4.30. The van der Waals surface area contributed by atoms with Crippen molar-refractivity contribution in [3.8, 4) is 6.07 Å². The van der Waals surface area contributed by atoms with Gasteiger partial charge in [0, 0.05) is 12.8 Å². The lowest BCUT2D eigenvalue weighted by atomic mass is 9.67. The van der Waals surface area contributed by atoms with E-state index in [0.717, 1.165) is 16.7 Å². The van der Waals surface area contributed by atoms with E-state index in [2.05, 4.69) is 11.4 Å². The standard InChI is InChI=1S/C28H29N3O2/c29-20-12-4-11-19-25(27(30)33)31-26(32)21-28(22-13-5-1-6-14-22,23-15-7-2-8-16-23)24-17-9-3-10-18-24/h1-3,5-10,13-18,25H,4,11-12,19,21H2,(H2,30,33)(H,31,32)/t25-/m0/s1. The molecule has 0 bridgehead atoms. The van der Waals surface area contributed by atoms with Gasteiger partial charge in [-0.2, -0.15) is 5.26 Å². The first-order chi connectivity index (χ1) is 16.1. The average Bonchev–Trinajstić information content (AvgIpc) is 2.86. The average molecular weight is 440 g/mol. The molecule has 0 heterocycles. The van der Waals surface area contributed by atoms with Gasteiger partial charge >= 0.3 is 0 Å². The third kappa shape index (κ3) is 5.87. The van der Waals surface area contributed by atoms with E-state index in [4.69, 9.17) is 11.0 Å². The number of nitrogens with one attached hydrogen (secondary N) is 1. The van der Waals surface area contributed by atoms with Crippen LogP contribution in [0.4, 0.5) is 0 Å². The van der Waals surface area contributed by atoms with Crippen molar-refractivity contribution in [2.75, 3.05) is 0 Å². The second-order valence-corrected chi connectivity index (χ2v) is 8.11. The van der Waals surface area contributed by atoms with E-state index < -0.39 is 17.4 Å². The molecule has 5 nitrogen and oxygen atoms in total. The first-order valence-corrected chi connectivity index (χ1v) is 11.2. The molecule has 0 saturated heterocycles. The number of carbonyl (C=O) groups excluding carboxylic acids is 2. The van der Waals surface area contributed by atoms with Gasteiger partial charge in [0.15, 0.2) is 0 Å². The normalized spacial score (nSPS) is 11.8. The summed E-state index contributed by atoms with van der Waals surface area (Å²) < 4.78 is 0. The van der Waals surface area contributed by atoms with Crippen LogP contribution in [-0.2, 0) is 15.0 Å². The summed E-state index contributed by atoms with van der Waals surface area (Å²) in [5.41, 5.74) is 7.80. The van der Waals surface area contributed by atoms with Crippen molar-refractivity contribution in [1.29, 1.82) is 5.26 Å². The maximum absolute atomic E-state index is 13.4. The molecule has 0 spiro atoms. The van der Waals surface area contributed by atoms with Gasteiger partial charge in [-0.15, -0.1) is 0 Å². The first kappa shape index (κ1) is 23.7. The number of rotatable bonds is 11. The topological polar surface area (TPSA) is 96.0 Å². The van der Waals surface area contributed by atoms with Crippen LogP contribution >= 0.6 is 0 Å². The van der Waals surface area contributed by atoms with E-state index in [9.17, 15) is 9.59 Å². The highest BCUT2D eigenvalue weighted by atomic mass is 16.2. The minimum absolute atomic E-state index is 0.118. The predicted molar refractivity (Wildman–Crippen MR) is 129 cm³/mol. The summed E-state index contributed by atoms with van der Waals surface area (Å²) in [6, 6.07) is 31.2. The van der Waals surface area contributed by atoms with Gasteiger partial charge < -0.3 is 11.1 Å². The van der Waals surface area contributed by atoms with Crippen molar-refractivity contribution >= 4 is 11.8 Å². The molecule has 2 amide bonds. The second-order valence-electron chi connectivity index (χ2n) is 8.11. The van der Waals surface area contributed by atoms with Crippen LogP contribution in [0.5, 0.6) is 0 Å². The van der Waals surface area contributed by atoms with Crippen molar-refractivity contribution in [1.82, 2.24) is 5.32 Å². The molecule has 0 aliphatic carbocycles. The van der Waals surface area contributed by atoms with Gasteiger partial charge in [-0.1, -0.05) is 91.0 Å². The Morgan fingerprint density at radius 2 is 1.27 bits per heavy atom. The third-order valence-corrected chi connectivity index (χ3v) is 5.94. The van der Waals surface area contributed by atoms with Gasteiger partial charge in [-0.25, -0.2) is 0 Å². The van der Waals surface area contributed by atoms with Crippen LogP contribution in [0.25, 0.3) is 0 Å². The van der Waals surface area contributed by atoms with E-state index in [1.165, 1.54) is 0 Å². The van der Waals surface area contributed by atoms with E-state index in [-0.39, 0.29) is 12.3 Å². The highest BCUT2D eigenvalue weighted by Crippen LogP contribution is 2.42. The number of amides is 2. The Morgan fingerprint density at radius 3 is 1.67 bits per heavy atom. The van der Waals surface area contributed by atoms with Crippen LogP contribution in [0.2, 0.25) is 0 Å². The molecule has 1 atom stereocenters. The minimum Gasteiger partial charge on any atom is -0.368 e. The predicted octanol–water partition coefficient (Wildman–Crippen LogP) is 4.47. The van der Waals surface area contributed by atoms with Gasteiger partial charge in [0.25, 0.3) is 0 Å². The highest BCUT2D eigenvalue weighted by Gasteiger charge is 2.39. The molecule has 168 valence electrons. The summed E-state index contributed by atoms with van der Waals surface area (Å²) >= 11 is 0. The van der Waals surface area contributed by atoms with Crippen molar-refractivity contribution < 1.29 is 9.59 Å². The van der Waals surface area contributed by atoms with Crippen molar-refractivity contribution in [3.05, 3.63) is 108 Å². The van der Waals surface area contributed by atoms with Crippen molar-refractivity contribution in [2.24, 2.45) is 5.73 Å². The summed E-state index contributed by atoms with van der Waals surface area (Å²) in [6.07, 6.45) is 2.25. The summed E-state index contributed by atoms with van der Waals surface area (Å²) in [6.45, 7) is 0. The third-order valence-electron chi connectivity index (χ3n) is 5.94. The van der Waals surface area contributed by atoms with Gasteiger partial charge in [0.2, 0.25) is 11.8 Å². The van der Waals surface area contributed by atoms with Crippen LogP contribution < -0.4 is 11.1 Å². The zero-order valence-electron chi connectivity index (χ0n) is 18.6. The molecule has 0 aromatic heterocycles. The number of benzene rings is 3. The Kier molecular flexibility index (Phi) is 8.37. The molecule has 33 heavy (non-hydrogen) atoms. The van der Waals surface area contributed by atoms with Crippen LogP contribution in [0.15, 0.2) is 91.0 Å². The molecule has 0 fully saturated rings. The summed E-state index contributed by atoms with van der Waals surface area (Å²) in [7, 11) is 0. The Bertz CT molecular complexity index is 980. The number of hydrogen-bond acceptors (Lipinski definition) is 3. The number of carbonyl (C=O) groups is 2. The fraction of sp³-hybridized carbons (Fsp3) is 0.250. The number of hydrogen-bond donors (Lipinski definition) is 2. The van der Waals surface area contributed by atoms with E-state index in [1.807, 2.05) is 91.0 Å². The summed E-state index contributed by atoms with van der Waals surface area (Å²) in [5, 5.41) is 11.6. The molecule has 5 heteroatoms. The summed E-state index contributed by atoms with van der Waals surface area (Å²) in [4.78, 5) is 25.4. The fourth-order valence-electron chi connectivity index (χ4n) is 4.30.